The summed E-state index contributed by atoms with van der Waals surface area (Å²) in [6.45, 7) is 4.00. The zero-order chi connectivity index (χ0) is 15.1. The van der Waals surface area contributed by atoms with Crippen LogP contribution in [0.5, 0.6) is 0 Å². The van der Waals surface area contributed by atoms with Gasteiger partial charge in [-0.3, -0.25) is 9.48 Å². The maximum absolute atomic E-state index is 12.2. The van der Waals surface area contributed by atoms with E-state index in [-0.39, 0.29) is 12.5 Å². The molecule has 0 radical (unpaired) electrons. The number of halogens is 1. The lowest BCUT2D eigenvalue weighted by Crippen LogP contribution is -2.49. The molecule has 2 saturated heterocycles. The summed E-state index contributed by atoms with van der Waals surface area (Å²) in [6, 6.07) is 1.58. The smallest absolute Gasteiger partial charge is 0.241 e. The van der Waals surface area contributed by atoms with Crippen molar-refractivity contribution < 1.29 is 4.79 Å². The number of nitrogens with zero attached hydrogens (tertiary/aromatic N) is 3. The average Bonchev–Trinajstić information content (AvgIpc) is 2.79. The first kappa shape index (κ1) is 14.9. The molecule has 116 valence electrons. The Morgan fingerprint density at radius 3 is 2.48 bits per heavy atom. The Balaban J connectivity index is 1.59. The summed E-state index contributed by atoms with van der Waals surface area (Å²) in [5.74, 6) is 0.0335. The molecule has 2 fully saturated rings. The molecule has 2 aliphatic heterocycles. The van der Waals surface area contributed by atoms with Gasteiger partial charge in [0, 0.05) is 18.1 Å². The number of carbonyl (C=O) groups excluding carboxylic acids is 1. The molecule has 1 N–H and O–H groups in total. The van der Waals surface area contributed by atoms with Crippen molar-refractivity contribution in [3.63, 3.8) is 0 Å². The van der Waals surface area contributed by atoms with Crippen molar-refractivity contribution in [1.29, 1.82) is 0 Å². The largest absolute Gasteiger partial charge is 0.352 e. The summed E-state index contributed by atoms with van der Waals surface area (Å²) in [5, 5.41) is 8.14. The number of piperidine rings is 1. The molecule has 2 aliphatic rings. The zero-order valence-electron chi connectivity index (χ0n) is 12.9. The number of rotatable bonds is 3. The van der Waals surface area contributed by atoms with E-state index in [1.165, 1.54) is 12.8 Å². The van der Waals surface area contributed by atoms with E-state index in [2.05, 4.69) is 22.4 Å². The molecule has 5 nitrogen and oxygen atoms in total. The number of nitrogens with one attached hydrogen (secondary N) is 1. The van der Waals surface area contributed by atoms with Gasteiger partial charge in [-0.15, -0.1) is 0 Å². The van der Waals surface area contributed by atoms with Crippen LogP contribution in [0.25, 0.3) is 0 Å². The highest BCUT2D eigenvalue weighted by atomic mass is 35.5. The first-order chi connectivity index (χ1) is 9.95. The summed E-state index contributed by atoms with van der Waals surface area (Å²) in [7, 11) is 2.21. The summed E-state index contributed by atoms with van der Waals surface area (Å²) in [4.78, 5) is 14.7. The van der Waals surface area contributed by atoms with Crippen molar-refractivity contribution in [3.05, 3.63) is 16.4 Å². The van der Waals surface area contributed by atoms with Gasteiger partial charge in [-0.25, -0.2) is 0 Å². The molecule has 6 heteroatoms. The fraction of sp³-hybridized carbons (Fsp3) is 0.733. The van der Waals surface area contributed by atoms with Crippen molar-refractivity contribution in [1.82, 2.24) is 20.0 Å². The first-order valence-electron chi connectivity index (χ1n) is 7.66. The summed E-state index contributed by atoms with van der Waals surface area (Å²) >= 11 is 6.12. The van der Waals surface area contributed by atoms with Crippen LogP contribution in [0, 0.1) is 13.8 Å². The number of hydrogen-bond donors (Lipinski definition) is 1. The number of amides is 1. The molecule has 1 amide bonds. The molecule has 2 bridgehead atoms. The van der Waals surface area contributed by atoms with E-state index in [9.17, 15) is 4.79 Å². The van der Waals surface area contributed by atoms with Gasteiger partial charge in [0.2, 0.25) is 5.91 Å². The third-order valence-electron chi connectivity index (χ3n) is 5.05. The van der Waals surface area contributed by atoms with E-state index in [1.807, 2.05) is 13.8 Å². The Hall–Kier alpha value is -1.07. The normalized spacial score (nSPS) is 28.9. The maximum atomic E-state index is 12.2. The summed E-state index contributed by atoms with van der Waals surface area (Å²) in [6.07, 6.45) is 4.66. The molecule has 0 spiro atoms. The molecular weight excluding hydrogens is 288 g/mol. The topological polar surface area (TPSA) is 50.2 Å². The molecule has 0 saturated carbocycles. The zero-order valence-corrected chi connectivity index (χ0v) is 13.7. The van der Waals surface area contributed by atoms with Crippen molar-refractivity contribution >= 4 is 17.5 Å². The van der Waals surface area contributed by atoms with Crippen molar-refractivity contribution in [2.45, 2.75) is 64.2 Å². The molecule has 0 aliphatic carbocycles. The Bertz CT molecular complexity index is 542. The van der Waals surface area contributed by atoms with Crippen LogP contribution in [0.4, 0.5) is 0 Å². The summed E-state index contributed by atoms with van der Waals surface area (Å²) < 4.78 is 1.69. The van der Waals surface area contributed by atoms with Crippen LogP contribution in [0.15, 0.2) is 0 Å². The van der Waals surface area contributed by atoms with Gasteiger partial charge in [0.1, 0.15) is 6.54 Å². The van der Waals surface area contributed by atoms with Gasteiger partial charge >= 0.3 is 0 Å². The van der Waals surface area contributed by atoms with Crippen LogP contribution in [0.3, 0.4) is 0 Å². The molecule has 2 atom stereocenters. The average molecular weight is 311 g/mol. The molecule has 2 unspecified atom stereocenters. The minimum atomic E-state index is 0.0335. The van der Waals surface area contributed by atoms with Crippen molar-refractivity contribution in [3.8, 4) is 0 Å². The molecule has 21 heavy (non-hydrogen) atoms. The lowest BCUT2D eigenvalue weighted by Gasteiger charge is -2.36. The van der Waals surface area contributed by atoms with Gasteiger partial charge < -0.3 is 10.2 Å². The maximum Gasteiger partial charge on any atom is 0.241 e. The molecule has 3 heterocycles. The van der Waals surface area contributed by atoms with Crippen LogP contribution in [0.2, 0.25) is 5.02 Å². The van der Waals surface area contributed by atoms with Gasteiger partial charge in [-0.2, -0.15) is 5.10 Å². The van der Waals surface area contributed by atoms with Gasteiger partial charge in [0.05, 0.1) is 16.4 Å². The minimum Gasteiger partial charge on any atom is -0.352 e. The Morgan fingerprint density at radius 2 is 1.95 bits per heavy atom. The Labute approximate surface area is 130 Å². The lowest BCUT2D eigenvalue weighted by molar-refractivity contribution is -0.123. The standard InChI is InChI=1S/C15H23ClN4O/c1-9-15(16)10(2)20(18-9)8-14(21)17-11-6-12-4-5-13(7-11)19(12)3/h11-13H,4-8H2,1-3H3,(H,17,21). The molecule has 0 aromatic carbocycles. The highest BCUT2D eigenvalue weighted by Gasteiger charge is 2.38. The van der Waals surface area contributed by atoms with Crippen LogP contribution in [0.1, 0.15) is 37.1 Å². The number of aromatic nitrogens is 2. The fourth-order valence-corrected chi connectivity index (χ4v) is 3.90. The lowest BCUT2D eigenvalue weighted by atomic mass is 9.98. The van der Waals surface area contributed by atoms with Crippen LogP contribution >= 0.6 is 11.6 Å². The molecule has 1 aromatic heterocycles. The SMILES string of the molecule is Cc1nn(CC(=O)NC2CC3CCC(C2)N3C)c(C)c1Cl. The van der Waals surface area contributed by atoms with E-state index < -0.39 is 0 Å². The van der Waals surface area contributed by atoms with E-state index in [1.54, 1.807) is 4.68 Å². The summed E-state index contributed by atoms with van der Waals surface area (Å²) in [5.41, 5.74) is 1.63. The third-order valence-corrected chi connectivity index (χ3v) is 5.60. The van der Waals surface area contributed by atoms with Gasteiger partial charge in [0.25, 0.3) is 0 Å². The minimum absolute atomic E-state index is 0.0335. The number of carbonyl (C=O) groups is 1. The molecule has 3 rings (SSSR count). The number of fused-ring (bicyclic) bond motifs is 2. The second-order valence-corrected chi connectivity index (χ2v) is 6.81. The van der Waals surface area contributed by atoms with Gasteiger partial charge in [-0.05, 0) is 46.6 Å². The fourth-order valence-electron chi connectivity index (χ4n) is 3.77. The highest BCUT2D eigenvalue weighted by Crippen LogP contribution is 2.34. The molecule has 1 aromatic rings. The van der Waals surface area contributed by atoms with E-state index in [4.69, 9.17) is 11.6 Å². The number of aryl methyl sites for hydroxylation is 1. The second-order valence-electron chi connectivity index (χ2n) is 6.43. The van der Waals surface area contributed by atoms with E-state index in [0.717, 1.165) is 24.2 Å². The quantitative estimate of drug-likeness (QED) is 0.927. The van der Waals surface area contributed by atoms with E-state index >= 15 is 0 Å². The van der Waals surface area contributed by atoms with Gasteiger partial charge in [-0.1, -0.05) is 11.6 Å². The van der Waals surface area contributed by atoms with Gasteiger partial charge in [0.15, 0.2) is 0 Å². The highest BCUT2D eigenvalue weighted by molar-refractivity contribution is 6.31. The Morgan fingerprint density at radius 1 is 1.33 bits per heavy atom. The third kappa shape index (κ3) is 2.81. The predicted molar refractivity (Wildman–Crippen MR) is 82.4 cm³/mol. The van der Waals surface area contributed by atoms with Crippen LogP contribution in [-0.2, 0) is 11.3 Å². The molecular formula is C15H23ClN4O. The second kappa shape index (κ2) is 5.61. The first-order valence-corrected chi connectivity index (χ1v) is 8.04. The Kier molecular flexibility index (Phi) is 3.97. The van der Waals surface area contributed by atoms with Crippen LogP contribution < -0.4 is 5.32 Å². The van der Waals surface area contributed by atoms with Crippen LogP contribution in [-0.4, -0.2) is 45.8 Å². The van der Waals surface area contributed by atoms with Crippen molar-refractivity contribution in [2.24, 2.45) is 0 Å². The monoisotopic (exact) mass is 310 g/mol. The van der Waals surface area contributed by atoms with E-state index in [0.29, 0.717) is 23.1 Å². The van der Waals surface area contributed by atoms with Crippen molar-refractivity contribution in [2.75, 3.05) is 7.05 Å². The predicted octanol–water partition coefficient (Wildman–Crippen LogP) is 1.89. The number of hydrogen-bond acceptors (Lipinski definition) is 3.